The van der Waals surface area contributed by atoms with Gasteiger partial charge in [-0.2, -0.15) is 4.99 Å². The van der Waals surface area contributed by atoms with Crippen molar-refractivity contribution in [2.45, 2.75) is 30.6 Å². The maximum Gasteiger partial charge on any atom is 0.303 e. The minimum Gasteiger partial charge on any atom is -0.497 e. The minimum atomic E-state index is -3.10. The molecule has 2 aliphatic rings. The highest BCUT2D eigenvalue weighted by Crippen LogP contribution is 2.38. The molecule has 2 fully saturated rings. The summed E-state index contributed by atoms with van der Waals surface area (Å²) in [6.45, 7) is 0.529. The van der Waals surface area contributed by atoms with Crippen LogP contribution in [0.2, 0.25) is 0 Å². The van der Waals surface area contributed by atoms with Gasteiger partial charge in [-0.1, -0.05) is 23.9 Å². The largest absolute Gasteiger partial charge is 0.497 e. The number of amidine groups is 1. The molecule has 0 bridgehead atoms. The number of carboxylic acid groups (broad SMARTS) is 1. The Hall–Kier alpha value is -2.07. The average molecular weight is 427 g/mol. The third kappa shape index (κ3) is 5.05. The van der Waals surface area contributed by atoms with Crippen LogP contribution >= 0.6 is 11.8 Å². The molecule has 0 saturated carbocycles. The van der Waals surface area contributed by atoms with E-state index in [0.29, 0.717) is 18.1 Å². The first-order valence-electron chi connectivity index (χ1n) is 8.87. The fourth-order valence-electron chi connectivity index (χ4n) is 3.32. The van der Waals surface area contributed by atoms with Gasteiger partial charge in [0.2, 0.25) is 5.91 Å². The van der Waals surface area contributed by atoms with Gasteiger partial charge in [0.1, 0.15) is 5.75 Å². The van der Waals surface area contributed by atoms with E-state index in [0.717, 1.165) is 11.3 Å². The Morgan fingerprint density at radius 3 is 2.61 bits per heavy atom. The van der Waals surface area contributed by atoms with Crippen molar-refractivity contribution in [3.63, 3.8) is 0 Å². The first-order valence-corrected chi connectivity index (χ1v) is 11.6. The summed E-state index contributed by atoms with van der Waals surface area (Å²) in [5, 5.41) is 9.07. The number of sulfone groups is 1. The van der Waals surface area contributed by atoms with Crippen LogP contribution in [0.1, 0.15) is 18.4 Å². The number of fused-ring (bicyclic) bond motifs is 1. The van der Waals surface area contributed by atoms with Gasteiger partial charge in [-0.05, 0) is 24.1 Å². The van der Waals surface area contributed by atoms with Crippen molar-refractivity contribution in [2.24, 2.45) is 4.99 Å². The smallest absolute Gasteiger partial charge is 0.303 e. The number of amides is 1. The predicted molar refractivity (Wildman–Crippen MR) is 107 cm³/mol. The van der Waals surface area contributed by atoms with Gasteiger partial charge in [0.15, 0.2) is 15.0 Å². The van der Waals surface area contributed by atoms with E-state index in [1.807, 2.05) is 29.2 Å². The SMILES string of the molecule is COc1ccc(CCN2C(=NC(=O)CCC(=O)O)SC3CS(=O)(=O)CC32)cc1. The van der Waals surface area contributed by atoms with Crippen LogP contribution in [0.25, 0.3) is 0 Å². The van der Waals surface area contributed by atoms with Gasteiger partial charge in [-0.25, -0.2) is 8.42 Å². The zero-order chi connectivity index (χ0) is 20.3. The summed E-state index contributed by atoms with van der Waals surface area (Å²) >= 11 is 1.30. The van der Waals surface area contributed by atoms with Gasteiger partial charge in [0.25, 0.3) is 0 Å². The molecule has 2 heterocycles. The number of methoxy groups -OCH3 is 1. The molecule has 0 aliphatic carbocycles. The summed E-state index contributed by atoms with van der Waals surface area (Å²) in [5.41, 5.74) is 1.06. The second-order valence-electron chi connectivity index (χ2n) is 6.77. The van der Waals surface area contributed by atoms with Crippen LogP contribution in [0, 0.1) is 0 Å². The first-order chi connectivity index (χ1) is 13.3. The molecule has 0 aromatic heterocycles. The number of carbonyl (C=O) groups is 2. The number of aliphatic carboxylic acids is 1. The summed E-state index contributed by atoms with van der Waals surface area (Å²) in [6, 6.07) is 7.40. The molecule has 0 spiro atoms. The van der Waals surface area contributed by atoms with Crippen LogP contribution in [0.3, 0.4) is 0 Å². The normalized spacial score (nSPS) is 24.3. The Morgan fingerprint density at radius 2 is 1.96 bits per heavy atom. The number of aliphatic imine (C=N–C) groups is 1. The molecule has 152 valence electrons. The van der Waals surface area contributed by atoms with Crippen LogP contribution < -0.4 is 4.74 Å². The zero-order valence-electron chi connectivity index (χ0n) is 15.4. The molecule has 1 aromatic rings. The number of carboxylic acids is 1. The number of thioether (sulfide) groups is 1. The van der Waals surface area contributed by atoms with Crippen LogP contribution in [0.4, 0.5) is 0 Å². The van der Waals surface area contributed by atoms with Crippen molar-refractivity contribution in [1.82, 2.24) is 4.90 Å². The molecule has 1 amide bonds. The van der Waals surface area contributed by atoms with E-state index in [1.54, 1.807) is 7.11 Å². The highest BCUT2D eigenvalue weighted by Gasteiger charge is 2.48. The second-order valence-corrected chi connectivity index (χ2v) is 10.1. The molecular weight excluding hydrogens is 404 g/mol. The molecule has 8 nitrogen and oxygen atoms in total. The molecular formula is C18H22N2O6S2. The van der Waals surface area contributed by atoms with E-state index in [9.17, 15) is 18.0 Å². The van der Waals surface area contributed by atoms with Crippen molar-refractivity contribution in [2.75, 3.05) is 25.2 Å². The lowest BCUT2D eigenvalue weighted by Gasteiger charge is -2.24. The van der Waals surface area contributed by atoms with Crippen LogP contribution in [-0.4, -0.2) is 71.9 Å². The number of nitrogens with zero attached hydrogens (tertiary/aromatic N) is 2. The number of hydrogen-bond donors (Lipinski definition) is 1. The lowest BCUT2D eigenvalue weighted by Crippen LogP contribution is -2.39. The highest BCUT2D eigenvalue weighted by atomic mass is 32.2. The molecule has 2 atom stereocenters. The molecule has 0 radical (unpaired) electrons. The van der Waals surface area contributed by atoms with E-state index in [1.165, 1.54) is 11.8 Å². The highest BCUT2D eigenvalue weighted by molar-refractivity contribution is 8.15. The fraction of sp³-hybridized carbons (Fsp3) is 0.500. The van der Waals surface area contributed by atoms with Gasteiger partial charge < -0.3 is 14.7 Å². The topological polar surface area (TPSA) is 113 Å². The summed E-state index contributed by atoms with van der Waals surface area (Å²) in [5.74, 6) is -0.665. The van der Waals surface area contributed by atoms with E-state index in [4.69, 9.17) is 9.84 Å². The van der Waals surface area contributed by atoms with E-state index in [2.05, 4.69) is 4.99 Å². The standard InChI is InChI=1S/C18H22N2O6S2/c1-26-13-4-2-12(3-5-13)8-9-20-14-10-28(24,25)11-15(14)27-18(20)19-16(21)6-7-17(22)23/h2-5,14-15H,6-11H2,1H3,(H,22,23). The third-order valence-corrected chi connectivity index (χ3v) is 8.00. The molecule has 1 aromatic carbocycles. The van der Waals surface area contributed by atoms with Crippen molar-refractivity contribution >= 4 is 38.6 Å². The van der Waals surface area contributed by atoms with E-state index < -0.39 is 21.7 Å². The molecule has 2 saturated heterocycles. The summed E-state index contributed by atoms with van der Waals surface area (Å²) < 4.78 is 29.2. The summed E-state index contributed by atoms with van der Waals surface area (Å²) in [7, 11) is -1.50. The average Bonchev–Trinajstić information content (AvgIpc) is 3.09. The number of benzene rings is 1. The van der Waals surface area contributed by atoms with Crippen molar-refractivity contribution in [3.05, 3.63) is 29.8 Å². The van der Waals surface area contributed by atoms with Gasteiger partial charge in [0.05, 0.1) is 31.1 Å². The maximum absolute atomic E-state index is 12.0. The number of carbonyl (C=O) groups excluding carboxylic acids is 1. The molecule has 2 aliphatic heterocycles. The Bertz CT molecular complexity index is 882. The van der Waals surface area contributed by atoms with Crippen molar-refractivity contribution < 1.29 is 27.9 Å². The molecule has 28 heavy (non-hydrogen) atoms. The monoisotopic (exact) mass is 426 g/mol. The van der Waals surface area contributed by atoms with Gasteiger partial charge in [0, 0.05) is 18.2 Å². The minimum absolute atomic E-state index is 0.0512. The number of ether oxygens (including phenoxy) is 1. The molecule has 1 N–H and O–H groups in total. The Labute approximate surface area is 167 Å². The van der Waals surface area contributed by atoms with Gasteiger partial charge in [-0.3, -0.25) is 9.59 Å². The van der Waals surface area contributed by atoms with Crippen LogP contribution in [0.5, 0.6) is 5.75 Å². The van der Waals surface area contributed by atoms with Crippen LogP contribution in [0.15, 0.2) is 29.3 Å². The van der Waals surface area contributed by atoms with Crippen molar-refractivity contribution in [3.8, 4) is 5.75 Å². The predicted octanol–water partition coefficient (Wildman–Crippen LogP) is 1.20. The maximum atomic E-state index is 12.0. The Kier molecular flexibility index (Phi) is 6.29. The quantitative estimate of drug-likeness (QED) is 0.692. The lowest BCUT2D eigenvalue weighted by molar-refractivity contribution is -0.138. The van der Waals surface area contributed by atoms with Crippen molar-refractivity contribution in [1.29, 1.82) is 0 Å². The molecule has 2 unspecified atom stereocenters. The molecule has 10 heteroatoms. The zero-order valence-corrected chi connectivity index (χ0v) is 17.0. The van der Waals surface area contributed by atoms with E-state index in [-0.39, 0.29) is 35.6 Å². The lowest BCUT2D eigenvalue weighted by atomic mass is 10.1. The number of hydrogen-bond acceptors (Lipinski definition) is 6. The van der Waals surface area contributed by atoms with Gasteiger partial charge >= 0.3 is 5.97 Å². The third-order valence-electron chi connectivity index (χ3n) is 4.75. The Morgan fingerprint density at radius 1 is 1.25 bits per heavy atom. The van der Waals surface area contributed by atoms with E-state index >= 15 is 0 Å². The first kappa shape index (κ1) is 20.7. The van der Waals surface area contributed by atoms with Gasteiger partial charge in [-0.15, -0.1) is 0 Å². The Balaban J connectivity index is 1.73. The second kappa shape index (κ2) is 8.52. The summed E-state index contributed by atoms with van der Waals surface area (Å²) in [4.78, 5) is 28.6. The number of rotatable bonds is 7. The molecule has 3 rings (SSSR count). The van der Waals surface area contributed by atoms with Crippen LogP contribution in [-0.2, 0) is 25.8 Å². The summed E-state index contributed by atoms with van der Waals surface area (Å²) in [6.07, 6.45) is 0.225. The fourth-order valence-corrected chi connectivity index (χ4v) is 7.31.